The summed E-state index contributed by atoms with van der Waals surface area (Å²) < 4.78 is 0. The molecule has 0 aromatic heterocycles. The van der Waals surface area contributed by atoms with Crippen molar-refractivity contribution in [3.05, 3.63) is 65.2 Å². The van der Waals surface area contributed by atoms with Crippen LogP contribution in [-0.4, -0.2) is 38.1 Å². The van der Waals surface area contributed by atoms with E-state index in [9.17, 15) is 4.79 Å². The second-order valence-corrected chi connectivity index (χ2v) is 8.41. The molecule has 2 aromatic carbocycles. The number of hydrogen-bond acceptors (Lipinski definition) is 2. The topological polar surface area (TPSA) is 36.8 Å². The first-order valence-electron chi connectivity index (χ1n) is 10.7. The molecule has 148 valence electrons. The lowest BCUT2D eigenvalue weighted by atomic mass is 9.99. The van der Waals surface area contributed by atoms with Crippen molar-refractivity contribution in [3.8, 4) is 0 Å². The maximum atomic E-state index is 12.7. The second kappa shape index (κ2) is 8.78. The van der Waals surface area contributed by atoms with Crippen LogP contribution in [0.5, 0.6) is 0 Å². The van der Waals surface area contributed by atoms with Crippen molar-refractivity contribution in [2.45, 2.75) is 45.2 Å². The van der Waals surface area contributed by atoms with Crippen LogP contribution in [0.2, 0.25) is 0 Å². The fourth-order valence-electron chi connectivity index (χ4n) is 4.65. The van der Waals surface area contributed by atoms with Gasteiger partial charge in [-0.05, 0) is 31.4 Å². The van der Waals surface area contributed by atoms with E-state index in [1.165, 1.54) is 22.4 Å². The van der Waals surface area contributed by atoms with Gasteiger partial charge in [-0.1, -0.05) is 48.0 Å². The number of quaternary nitrogens is 1. The number of carbonyl (C=O) groups is 1. The Morgan fingerprint density at radius 1 is 1.14 bits per heavy atom. The van der Waals surface area contributed by atoms with E-state index in [2.05, 4.69) is 65.7 Å². The molecule has 4 heteroatoms. The summed E-state index contributed by atoms with van der Waals surface area (Å²) >= 11 is 0. The third-order valence-corrected chi connectivity index (χ3v) is 6.14. The maximum absolute atomic E-state index is 12.7. The van der Waals surface area contributed by atoms with E-state index in [1.807, 2.05) is 0 Å². The molecule has 0 atom stereocenters. The summed E-state index contributed by atoms with van der Waals surface area (Å²) in [5, 5.41) is 3.30. The largest absolute Gasteiger partial charge is 0.362 e. The number of aryl methyl sites for hydroxylation is 2. The van der Waals surface area contributed by atoms with E-state index in [-0.39, 0.29) is 5.91 Å². The molecule has 1 fully saturated rings. The van der Waals surface area contributed by atoms with Crippen LogP contribution in [0.3, 0.4) is 0 Å². The highest BCUT2D eigenvalue weighted by atomic mass is 16.2. The molecule has 4 nitrogen and oxygen atoms in total. The standard InChI is InChI=1S/C24H31N3O/c1-19-9-10-23-21(16-19)8-5-13-27(23)18-24(28)25-22-11-14-26(15-12-22)17-20-6-3-2-4-7-20/h2-4,6-7,9-10,16,22H,5,8,11-15,17-18H2,1H3,(H,25,28)/p+1. The molecular formula is C24H32N3O+. The number of rotatable bonds is 5. The van der Waals surface area contributed by atoms with Crippen LogP contribution in [0.4, 0.5) is 5.69 Å². The number of nitrogens with zero attached hydrogens (tertiary/aromatic N) is 1. The number of amides is 1. The quantitative estimate of drug-likeness (QED) is 0.836. The fraction of sp³-hybridized carbons (Fsp3) is 0.458. The zero-order chi connectivity index (χ0) is 19.3. The molecule has 28 heavy (non-hydrogen) atoms. The number of nitrogens with one attached hydrogen (secondary N) is 2. The van der Waals surface area contributed by atoms with E-state index in [0.717, 1.165) is 51.9 Å². The fourth-order valence-corrected chi connectivity index (χ4v) is 4.65. The summed E-state index contributed by atoms with van der Waals surface area (Å²) in [5.74, 6) is 0.171. The number of anilines is 1. The summed E-state index contributed by atoms with van der Waals surface area (Å²) in [4.78, 5) is 16.5. The summed E-state index contributed by atoms with van der Waals surface area (Å²) in [6.45, 7) is 6.94. The van der Waals surface area contributed by atoms with Crippen LogP contribution in [-0.2, 0) is 17.8 Å². The molecule has 0 unspecified atom stereocenters. The van der Waals surface area contributed by atoms with Crippen molar-refractivity contribution in [2.24, 2.45) is 0 Å². The molecular weight excluding hydrogens is 346 g/mol. The van der Waals surface area contributed by atoms with Gasteiger partial charge in [0.25, 0.3) is 0 Å². The Morgan fingerprint density at radius 3 is 2.71 bits per heavy atom. The lowest BCUT2D eigenvalue weighted by molar-refractivity contribution is -0.918. The Hall–Kier alpha value is -2.33. The average molecular weight is 379 g/mol. The van der Waals surface area contributed by atoms with Crippen molar-refractivity contribution in [1.29, 1.82) is 0 Å². The van der Waals surface area contributed by atoms with E-state index < -0.39 is 0 Å². The third kappa shape index (κ3) is 4.74. The minimum atomic E-state index is 0.171. The minimum absolute atomic E-state index is 0.171. The van der Waals surface area contributed by atoms with Crippen molar-refractivity contribution in [2.75, 3.05) is 31.1 Å². The Balaban J connectivity index is 1.25. The van der Waals surface area contributed by atoms with Crippen molar-refractivity contribution >= 4 is 11.6 Å². The molecule has 0 spiro atoms. The summed E-state index contributed by atoms with van der Waals surface area (Å²) in [6.07, 6.45) is 4.40. The predicted molar refractivity (Wildman–Crippen MR) is 114 cm³/mol. The molecule has 2 heterocycles. The first-order valence-corrected chi connectivity index (χ1v) is 10.7. The molecule has 0 aliphatic carbocycles. The van der Waals surface area contributed by atoms with Gasteiger partial charge in [-0.2, -0.15) is 0 Å². The number of carbonyl (C=O) groups excluding carboxylic acids is 1. The van der Waals surface area contributed by atoms with Gasteiger partial charge < -0.3 is 15.1 Å². The monoisotopic (exact) mass is 378 g/mol. The summed E-state index contributed by atoms with van der Waals surface area (Å²) in [7, 11) is 0. The van der Waals surface area contributed by atoms with E-state index in [1.54, 1.807) is 4.90 Å². The van der Waals surface area contributed by atoms with Crippen LogP contribution in [0, 0.1) is 6.92 Å². The molecule has 1 amide bonds. The lowest BCUT2D eigenvalue weighted by Gasteiger charge is -2.33. The van der Waals surface area contributed by atoms with Crippen molar-refractivity contribution in [3.63, 3.8) is 0 Å². The van der Waals surface area contributed by atoms with Gasteiger partial charge in [0.1, 0.15) is 6.54 Å². The van der Waals surface area contributed by atoms with E-state index >= 15 is 0 Å². The molecule has 2 aliphatic rings. The van der Waals surface area contributed by atoms with Crippen LogP contribution in [0.15, 0.2) is 48.5 Å². The first-order chi connectivity index (χ1) is 13.7. The SMILES string of the molecule is Cc1ccc2c(c1)CCCN2CC(=O)NC1CC[NH+](Cc2ccccc2)CC1. The highest BCUT2D eigenvalue weighted by Gasteiger charge is 2.25. The zero-order valence-corrected chi connectivity index (χ0v) is 16.9. The number of hydrogen-bond donors (Lipinski definition) is 2. The average Bonchev–Trinajstić information content (AvgIpc) is 2.70. The number of fused-ring (bicyclic) bond motifs is 1. The molecule has 4 rings (SSSR count). The summed E-state index contributed by atoms with van der Waals surface area (Å²) in [6, 6.07) is 17.6. The minimum Gasteiger partial charge on any atom is -0.362 e. The highest BCUT2D eigenvalue weighted by molar-refractivity contribution is 5.82. The lowest BCUT2D eigenvalue weighted by Crippen LogP contribution is -3.12. The van der Waals surface area contributed by atoms with Crippen molar-refractivity contribution < 1.29 is 9.69 Å². The van der Waals surface area contributed by atoms with Gasteiger partial charge in [-0.3, -0.25) is 4.79 Å². The number of likely N-dealkylation sites (tertiary alicyclic amines) is 1. The highest BCUT2D eigenvalue weighted by Crippen LogP contribution is 2.27. The Morgan fingerprint density at radius 2 is 1.93 bits per heavy atom. The van der Waals surface area contributed by atoms with Gasteiger partial charge in [0.15, 0.2) is 0 Å². The Labute approximate surface area is 168 Å². The number of piperidine rings is 1. The van der Waals surface area contributed by atoms with E-state index in [0.29, 0.717) is 12.6 Å². The van der Waals surface area contributed by atoms with Crippen LogP contribution < -0.4 is 15.1 Å². The van der Waals surface area contributed by atoms with Gasteiger partial charge in [0.05, 0.1) is 19.6 Å². The van der Waals surface area contributed by atoms with Gasteiger partial charge in [-0.15, -0.1) is 0 Å². The maximum Gasteiger partial charge on any atom is 0.239 e. The van der Waals surface area contributed by atoms with Gasteiger partial charge in [0, 0.05) is 36.7 Å². The first kappa shape index (κ1) is 19.0. The Kier molecular flexibility index (Phi) is 5.96. The zero-order valence-electron chi connectivity index (χ0n) is 16.9. The van der Waals surface area contributed by atoms with Gasteiger partial charge >= 0.3 is 0 Å². The predicted octanol–water partition coefficient (Wildman–Crippen LogP) is 2.11. The molecule has 2 N–H and O–H groups in total. The molecule has 0 bridgehead atoms. The molecule has 1 saturated heterocycles. The third-order valence-electron chi connectivity index (χ3n) is 6.14. The van der Waals surface area contributed by atoms with Crippen LogP contribution in [0.1, 0.15) is 36.0 Å². The smallest absolute Gasteiger partial charge is 0.239 e. The normalized spacial score (nSPS) is 21.8. The molecule has 2 aliphatic heterocycles. The van der Waals surface area contributed by atoms with Gasteiger partial charge in [0.2, 0.25) is 5.91 Å². The molecule has 0 saturated carbocycles. The summed E-state index contributed by atoms with van der Waals surface area (Å²) in [5.41, 5.74) is 5.33. The Bertz CT molecular complexity index is 797. The van der Waals surface area contributed by atoms with Gasteiger partial charge in [-0.25, -0.2) is 0 Å². The molecule has 2 aromatic rings. The van der Waals surface area contributed by atoms with Crippen LogP contribution >= 0.6 is 0 Å². The number of benzene rings is 2. The molecule has 0 radical (unpaired) electrons. The van der Waals surface area contributed by atoms with Crippen molar-refractivity contribution in [1.82, 2.24) is 5.32 Å². The van der Waals surface area contributed by atoms with E-state index in [4.69, 9.17) is 0 Å². The second-order valence-electron chi connectivity index (χ2n) is 8.41. The van der Waals surface area contributed by atoms with Crippen LogP contribution in [0.25, 0.3) is 0 Å².